The fourth-order valence-corrected chi connectivity index (χ4v) is 5.19. The molecule has 4 aromatic carbocycles. The van der Waals surface area contributed by atoms with Gasteiger partial charge >= 0.3 is 0 Å². The number of hydrogen-bond donors (Lipinski definition) is 1. The monoisotopic (exact) mass is 534 g/mol. The lowest BCUT2D eigenvalue weighted by Crippen LogP contribution is -2.30. The number of ether oxygens (including phenoxy) is 1. The molecule has 6 nitrogen and oxygen atoms in total. The summed E-state index contributed by atoms with van der Waals surface area (Å²) in [4.78, 5) is 12.4. The smallest absolute Gasteiger partial charge is 0.264 e. The molecule has 1 N–H and O–H groups in total. The minimum absolute atomic E-state index is 0.164. The normalized spacial score (nSPS) is 11.1. The van der Waals surface area contributed by atoms with Gasteiger partial charge in [-0.2, -0.15) is 0 Å². The number of aryl methyl sites for hydroxylation is 1. The third kappa shape index (κ3) is 7.12. The number of anilines is 1. The summed E-state index contributed by atoms with van der Waals surface area (Å²) < 4.78 is 34.2. The maximum atomic E-state index is 13.6. The van der Waals surface area contributed by atoms with Gasteiger partial charge in [-0.3, -0.25) is 9.10 Å². The van der Waals surface area contributed by atoms with E-state index in [0.717, 1.165) is 16.7 Å². The second-order valence-electron chi connectivity index (χ2n) is 8.50. The fourth-order valence-electron chi connectivity index (χ4n) is 3.61. The first-order valence-electron chi connectivity index (χ1n) is 11.7. The molecule has 190 valence electrons. The van der Waals surface area contributed by atoms with Gasteiger partial charge in [-0.05, 0) is 66.6 Å². The first-order chi connectivity index (χ1) is 17.8. The summed E-state index contributed by atoms with van der Waals surface area (Å²) in [5.41, 5.74) is 3.25. The number of sulfonamides is 1. The number of rotatable bonds is 10. The zero-order valence-corrected chi connectivity index (χ0v) is 21.9. The molecule has 0 aliphatic carbocycles. The van der Waals surface area contributed by atoms with Crippen LogP contribution in [0.15, 0.2) is 108 Å². The summed E-state index contributed by atoms with van der Waals surface area (Å²) in [7, 11) is -3.82. The molecule has 0 spiro atoms. The minimum Gasteiger partial charge on any atom is -0.484 e. The van der Waals surface area contributed by atoms with Gasteiger partial charge < -0.3 is 10.1 Å². The third-order valence-corrected chi connectivity index (χ3v) is 7.72. The van der Waals surface area contributed by atoms with Crippen molar-refractivity contribution >= 4 is 33.2 Å². The summed E-state index contributed by atoms with van der Waals surface area (Å²) in [6, 6.07) is 30.1. The van der Waals surface area contributed by atoms with Crippen LogP contribution in [0.5, 0.6) is 5.75 Å². The molecule has 0 aliphatic heterocycles. The van der Waals surface area contributed by atoms with E-state index in [1.165, 1.54) is 4.31 Å². The van der Waals surface area contributed by atoms with E-state index in [0.29, 0.717) is 23.0 Å². The standard InChI is InChI=1S/C29H27ClN2O4S/c1-22-7-17-28(18-8-22)37(34,35)32(20-24-5-3-2-4-6-24)26-13-15-27(16-14-26)36-21-29(33)31-19-23-9-11-25(30)12-10-23/h2-18H,19-21H2,1H3,(H,31,33). The molecule has 0 aliphatic rings. The Hall–Kier alpha value is -3.81. The van der Waals surface area contributed by atoms with Crippen molar-refractivity contribution in [2.45, 2.75) is 24.9 Å². The van der Waals surface area contributed by atoms with Crippen molar-refractivity contribution < 1.29 is 17.9 Å². The molecule has 0 unspecified atom stereocenters. The van der Waals surface area contributed by atoms with Gasteiger partial charge in [-0.1, -0.05) is 71.8 Å². The number of halogens is 1. The van der Waals surface area contributed by atoms with Crippen LogP contribution in [0.4, 0.5) is 5.69 Å². The maximum absolute atomic E-state index is 13.6. The van der Waals surface area contributed by atoms with Crippen molar-refractivity contribution in [2.24, 2.45) is 0 Å². The van der Waals surface area contributed by atoms with Gasteiger partial charge in [0.05, 0.1) is 17.1 Å². The quantitative estimate of drug-likeness (QED) is 0.281. The van der Waals surface area contributed by atoms with Gasteiger partial charge in [0, 0.05) is 11.6 Å². The molecule has 0 saturated carbocycles. The summed E-state index contributed by atoms with van der Waals surface area (Å²) in [6.07, 6.45) is 0. The maximum Gasteiger partial charge on any atom is 0.264 e. The Bertz CT molecular complexity index is 1420. The molecule has 0 saturated heterocycles. The zero-order chi connectivity index (χ0) is 26.3. The van der Waals surface area contributed by atoms with Crippen LogP contribution in [0, 0.1) is 6.92 Å². The summed E-state index contributed by atoms with van der Waals surface area (Å²) in [5.74, 6) is 0.185. The largest absolute Gasteiger partial charge is 0.484 e. The Morgan fingerprint density at radius 2 is 1.49 bits per heavy atom. The Morgan fingerprint density at radius 3 is 2.14 bits per heavy atom. The molecule has 1 amide bonds. The molecule has 0 atom stereocenters. The Morgan fingerprint density at radius 1 is 0.838 bits per heavy atom. The number of nitrogens with zero attached hydrogens (tertiary/aromatic N) is 1. The second kappa shape index (κ2) is 12.0. The van der Waals surface area contributed by atoms with E-state index in [-0.39, 0.29) is 24.0 Å². The second-order valence-corrected chi connectivity index (χ2v) is 10.8. The molecule has 0 heterocycles. The zero-order valence-electron chi connectivity index (χ0n) is 20.3. The first-order valence-corrected chi connectivity index (χ1v) is 13.5. The lowest BCUT2D eigenvalue weighted by atomic mass is 10.2. The van der Waals surface area contributed by atoms with Crippen LogP contribution >= 0.6 is 11.6 Å². The number of carbonyl (C=O) groups excluding carboxylic acids is 1. The van der Waals surface area contributed by atoms with E-state index in [1.807, 2.05) is 49.4 Å². The summed E-state index contributed by atoms with van der Waals surface area (Å²) >= 11 is 5.88. The average Bonchev–Trinajstić information content (AvgIpc) is 2.91. The van der Waals surface area contributed by atoms with Gasteiger partial charge in [-0.15, -0.1) is 0 Å². The topological polar surface area (TPSA) is 75.7 Å². The van der Waals surface area contributed by atoms with Gasteiger partial charge in [-0.25, -0.2) is 8.42 Å². The molecule has 0 bridgehead atoms. The van der Waals surface area contributed by atoms with Crippen LogP contribution in [-0.2, 0) is 27.9 Å². The van der Waals surface area contributed by atoms with Crippen LogP contribution in [0.3, 0.4) is 0 Å². The summed E-state index contributed by atoms with van der Waals surface area (Å²) in [5, 5.41) is 3.43. The van der Waals surface area contributed by atoms with Gasteiger partial charge in [0.15, 0.2) is 6.61 Å². The van der Waals surface area contributed by atoms with Crippen LogP contribution in [0.2, 0.25) is 5.02 Å². The lowest BCUT2D eigenvalue weighted by Gasteiger charge is -2.25. The van der Waals surface area contributed by atoms with Crippen LogP contribution in [-0.4, -0.2) is 20.9 Å². The van der Waals surface area contributed by atoms with Crippen molar-refractivity contribution in [3.63, 3.8) is 0 Å². The molecule has 8 heteroatoms. The molecule has 0 fully saturated rings. The highest BCUT2D eigenvalue weighted by molar-refractivity contribution is 7.92. The number of nitrogens with one attached hydrogen (secondary N) is 1. The Kier molecular flexibility index (Phi) is 8.48. The van der Waals surface area contributed by atoms with Crippen LogP contribution in [0.25, 0.3) is 0 Å². The van der Waals surface area contributed by atoms with E-state index >= 15 is 0 Å². The highest BCUT2D eigenvalue weighted by atomic mass is 35.5. The Balaban J connectivity index is 1.45. The van der Waals surface area contributed by atoms with Crippen LogP contribution in [0.1, 0.15) is 16.7 Å². The van der Waals surface area contributed by atoms with Crippen LogP contribution < -0.4 is 14.4 Å². The summed E-state index contributed by atoms with van der Waals surface area (Å²) in [6.45, 7) is 2.28. The molecule has 0 aromatic heterocycles. The number of carbonyl (C=O) groups is 1. The van der Waals surface area contributed by atoms with Gasteiger partial charge in [0.25, 0.3) is 15.9 Å². The minimum atomic E-state index is -3.82. The van der Waals surface area contributed by atoms with Gasteiger partial charge in [0.1, 0.15) is 5.75 Å². The number of amides is 1. The highest BCUT2D eigenvalue weighted by Crippen LogP contribution is 2.28. The Labute approximate surface area is 222 Å². The predicted octanol–water partition coefficient (Wildman–Crippen LogP) is 5.74. The number of benzene rings is 4. The highest BCUT2D eigenvalue weighted by Gasteiger charge is 2.25. The van der Waals surface area contributed by atoms with E-state index in [9.17, 15) is 13.2 Å². The fraction of sp³-hybridized carbons (Fsp3) is 0.138. The van der Waals surface area contributed by atoms with E-state index < -0.39 is 10.0 Å². The molecule has 37 heavy (non-hydrogen) atoms. The molecule has 4 rings (SSSR count). The molecular formula is C29H27ClN2O4S. The van der Waals surface area contributed by atoms with Crippen molar-refractivity contribution in [3.8, 4) is 5.75 Å². The van der Waals surface area contributed by atoms with Crippen molar-refractivity contribution in [2.75, 3.05) is 10.9 Å². The van der Waals surface area contributed by atoms with E-state index in [4.69, 9.17) is 16.3 Å². The van der Waals surface area contributed by atoms with Crippen molar-refractivity contribution in [3.05, 3.63) is 125 Å². The average molecular weight is 535 g/mol. The lowest BCUT2D eigenvalue weighted by molar-refractivity contribution is -0.123. The molecule has 4 aromatic rings. The van der Waals surface area contributed by atoms with Crippen molar-refractivity contribution in [1.29, 1.82) is 0 Å². The van der Waals surface area contributed by atoms with Gasteiger partial charge in [0.2, 0.25) is 0 Å². The molecular weight excluding hydrogens is 508 g/mol. The van der Waals surface area contributed by atoms with E-state index in [2.05, 4.69) is 5.32 Å². The first kappa shape index (κ1) is 26.3. The molecule has 0 radical (unpaired) electrons. The van der Waals surface area contributed by atoms with E-state index in [1.54, 1.807) is 60.7 Å². The SMILES string of the molecule is Cc1ccc(S(=O)(=O)N(Cc2ccccc2)c2ccc(OCC(=O)NCc3ccc(Cl)cc3)cc2)cc1. The predicted molar refractivity (Wildman–Crippen MR) is 146 cm³/mol. The number of hydrogen-bond acceptors (Lipinski definition) is 4. The van der Waals surface area contributed by atoms with Crippen molar-refractivity contribution in [1.82, 2.24) is 5.32 Å². The third-order valence-electron chi connectivity index (χ3n) is 5.68.